The first-order valence-corrected chi connectivity index (χ1v) is 4.30. The molecule has 0 aromatic heterocycles. The van der Waals surface area contributed by atoms with Crippen LogP contribution in [0, 0.1) is 5.82 Å². The van der Waals surface area contributed by atoms with E-state index in [0.29, 0.717) is 12.1 Å². The highest BCUT2D eigenvalue weighted by atomic mass is 35.5. The van der Waals surface area contributed by atoms with Crippen LogP contribution in [0.3, 0.4) is 0 Å². The van der Waals surface area contributed by atoms with Crippen LogP contribution >= 0.6 is 11.6 Å². The summed E-state index contributed by atoms with van der Waals surface area (Å²) in [6.07, 6.45) is -4.76. The van der Waals surface area contributed by atoms with Gasteiger partial charge in [-0.2, -0.15) is 13.2 Å². The molecule has 0 heterocycles. The molecular weight excluding hydrogens is 252 g/mol. The largest absolute Gasteiger partial charge is 0.493 e. The van der Waals surface area contributed by atoms with Crippen molar-refractivity contribution in [1.29, 1.82) is 0 Å². The van der Waals surface area contributed by atoms with Crippen LogP contribution in [0.1, 0.15) is 15.9 Å². The van der Waals surface area contributed by atoms with Gasteiger partial charge in [0.2, 0.25) is 0 Å². The lowest BCUT2D eigenvalue weighted by atomic mass is 10.1. The molecule has 16 heavy (non-hydrogen) atoms. The minimum absolute atomic E-state index is 0.539. The number of methoxy groups -OCH3 is 1. The second-order valence-corrected chi connectivity index (χ2v) is 3.12. The van der Waals surface area contributed by atoms with Crippen molar-refractivity contribution in [2.24, 2.45) is 0 Å². The van der Waals surface area contributed by atoms with Gasteiger partial charge >= 0.3 is 6.18 Å². The Morgan fingerprint density at radius 3 is 2.31 bits per heavy atom. The monoisotopic (exact) mass is 256 g/mol. The van der Waals surface area contributed by atoms with E-state index >= 15 is 0 Å². The maximum atomic E-state index is 13.4. The van der Waals surface area contributed by atoms with Gasteiger partial charge in [-0.05, 0) is 23.7 Å². The predicted octanol–water partition coefficient (Wildman–Crippen LogP) is 3.23. The first kappa shape index (κ1) is 12.8. The van der Waals surface area contributed by atoms with Crippen molar-refractivity contribution in [2.75, 3.05) is 7.11 Å². The maximum absolute atomic E-state index is 13.4. The van der Waals surface area contributed by atoms with Gasteiger partial charge in [0.05, 0.1) is 12.7 Å². The van der Waals surface area contributed by atoms with Gasteiger partial charge in [-0.15, -0.1) is 0 Å². The summed E-state index contributed by atoms with van der Waals surface area (Å²) in [5.74, 6) is -2.46. The van der Waals surface area contributed by atoms with Gasteiger partial charge in [-0.3, -0.25) is 4.79 Å². The number of carbonyl (C=O) groups is 1. The van der Waals surface area contributed by atoms with Crippen LogP contribution < -0.4 is 4.74 Å². The predicted molar refractivity (Wildman–Crippen MR) is 48.1 cm³/mol. The second-order valence-electron chi connectivity index (χ2n) is 2.78. The first-order chi connectivity index (χ1) is 7.29. The zero-order valence-corrected chi connectivity index (χ0v) is 8.62. The lowest BCUT2D eigenvalue weighted by Gasteiger charge is -2.13. The molecule has 0 amide bonds. The molecule has 0 spiro atoms. The highest BCUT2D eigenvalue weighted by molar-refractivity contribution is 6.67. The molecule has 7 heteroatoms. The molecule has 0 N–H and O–H groups in total. The van der Waals surface area contributed by atoms with Crippen LogP contribution in [-0.2, 0) is 6.18 Å². The van der Waals surface area contributed by atoms with Crippen molar-refractivity contribution in [3.63, 3.8) is 0 Å². The van der Waals surface area contributed by atoms with Gasteiger partial charge in [0.15, 0.2) is 11.6 Å². The van der Waals surface area contributed by atoms with Gasteiger partial charge in [0.1, 0.15) is 5.56 Å². The summed E-state index contributed by atoms with van der Waals surface area (Å²) in [4.78, 5) is 10.7. The maximum Gasteiger partial charge on any atom is 0.420 e. The lowest BCUT2D eigenvalue weighted by Crippen LogP contribution is -2.10. The molecule has 0 bridgehead atoms. The molecule has 88 valence electrons. The quantitative estimate of drug-likeness (QED) is 0.600. The van der Waals surface area contributed by atoms with Crippen molar-refractivity contribution in [2.45, 2.75) is 6.18 Å². The van der Waals surface area contributed by atoms with Crippen LogP contribution in [0.2, 0.25) is 0 Å². The molecule has 1 rings (SSSR count). The van der Waals surface area contributed by atoms with E-state index in [0.717, 1.165) is 7.11 Å². The topological polar surface area (TPSA) is 26.3 Å². The van der Waals surface area contributed by atoms with Crippen molar-refractivity contribution in [1.82, 2.24) is 0 Å². The smallest absolute Gasteiger partial charge is 0.420 e. The van der Waals surface area contributed by atoms with E-state index in [1.165, 1.54) is 0 Å². The Morgan fingerprint density at radius 2 is 1.94 bits per heavy atom. The summed E-state index contributed by atoms with van der Waals surface area (Å²) in [7, 11) is 0.871. The molecule has 0 saturated carbocycles. The SMILES string of the molecule is COc1c(C(F)(F)F)ccc(C(=O)Cl)c1F. The van der Waals surface area contributed by atoms with Crippen molar-refractivity contribution >= 4 is 16.8 Å². The average molecular weight is 257 g/mol. The van der Waals surface area contributed by atoms with Crippen LogP contribution in [-0.4, -0.2) is 12.4 Å². The zero-order valence-electron chi connectivity index (χ0n) is 7.86. The van der Waals surface area contributed by atoms with Crippen molar-refractivity contribution < 1.29 is 27.1 Å². The van der Waals surface area contributed by atoms with E-state index < -0.39 is 34.1 Å². The van der Waals surface area contributed by atoms with Crippen molar-refractivity contribution in [3.05, 3.63) is 29.1 Å². The van der Waals surface area contributed by atoms with E-state index in [2.05, 4.69) is 4.74 Å². The van der Waals surface area contributed by atoms with Crippen LogP contribution in [0.25, 0.3) is 0 Å². The standard InChI is InChI=1S/C9H5ClF4O2/c1-16-7-5(9(12,13)14)3-2-4(6(7)11)8(10)15/h2-3H,1H3. The summed E-state index contributed by atoms with van der Waals surface area (Å²) >= 11 is 4.99. The molecule has 0 radical (unpaired) electrons. The van der Waals surface area contributed by atoms with E-state index in [1.807, 2.05) is 0 Å². The number of hydrogen-bond acceptors (Lipinski definition) is 2. The second kappa shape index (κ2) is 4.29. The first-order valence-electron chi connectivity index (χ1n) is 3.92. The fraction of sp³-hybridized carbons (Fsp3) is 0.222. The fourth-order valence-corrected chi connectivity index (χ4v) is 1.28. The average Bonchev–Trinajstić information content (AvgIpc) is 2.15. The molecule has 0 aliphatic carbocycles. The van der Waals surface area contributed by atoms with Gasteiger partial charge < -0.3 is 4.74 Å². The minimum Gasteiger partial charge on any atom is -0.493 e. The van der Waals surface area contributed by atoms with E-state index in [1.54, 1.807) is 0 Å². The third-order valence-corrected chi connectivity index (χ3v) is 2.02. The van der Waals surface area contributed by atoms with Crippen LogP contribution in [0.4, 0.5) is 17.6 Å². The van der Waals surface area contributed by atoms with Gasteiger partial charge in [0, 0.05) is 0 Å². The Balaban J connectivity index is 3.47. The summed E-state index contributed by atoms with van der Waals surface area (Å²) in [5.41, 5.74) is -1.96. The van der Waals surface area contributed by atoms with Crippen molar-refractivity contribution in [3.8, 4) is 5.75 Å². The number of rotatable bonds is 2. The number of ether oxygens (including phenoxy) is 1. The molecular formula is C9H5ClF4O2. The number of alkyl halides is 3. The molecule has 1 aromatic rings. The number of hydrogen-bond donors (Lipinski definition) is 0. The molecule has 0 fully saturated rings. The summed E-state index contributed by atoms with van der Waals surface area (Å²) in [5, 5.41) is -1.19. The molecule has 0 atom stereocenters. The normalized spacial score (nSPS) is 11.4. The molecule has 0 saturated heterocycles. The Morgan fingerprint density at radius 1 is 1.38 bits per heavy atom. The zero-order chi connectivity index (χ0) is 12.5. The minimum atomic E-state index is -4.76. The van der Waals surface area contributed by atoms with E-state index in [4.69, 9.17) is 11.6 Å². The summed E-state index contributed by atoms with van der Waals surface area (Å²) < 4.78 is 54.8. The third-order valence-electron chi connectivity index (χ3n) is 1.82. The molecule has 1 aromatic carbocycles. The fourth-order valence-electron chi connectivity index (χ4n) is 1.13. The molecule has 0 aliphatic heterocycles. The van der Waals surface area contributed by atoms with E-state index in [-0.39, 0.29) is 0 Å². The van der Waals surface area contributed by atoms with Gasteiger partial charge in [-0.25, -0.2) is 4.39 Å². The van der Waals surface area contributed by atoms with Crippen LogP contribution in [0.5, 0.6) is 5.75 Å². The highest BCUT2D eigenvalue weighted by Crippen LogP contribution is 2.38. The molecule has 0 aliphatic rings. The Bertz CT molecular complexity index is 428. The lowest BCUT2D eigenvalue weighted by molar-refractivity contribution is -0.139. The summed E-state index contributed by atoms with van der Waals surface area (Å²) in [6, 6.07) is 1.20. The third kappa shape index (κ3) is 2.27. The Kier molecular flexibility index (Phi) is 3.42. The van der Waals surface area contributed by atoms with Gasteiger partial charge in [-0.1, -0.05) is 0 Å². The van der Waals surface area contributed by atoms with E-state index in [9.17, 15) is 22.4 Å². The summed E-state index contributed by atoms with van der Waals surface area (Å²) in [6.45, 7) is 0. The number of carbonyl (C=O) groups excluding carboxylic acids is 1. The highest BCUT2D eigenvalue weighted by Gasteiger charge is 2.36. The molecule has 2 nitrogen and oxygen atoms in total. The molecule has 0 unspecified atom stereocenters. The van der Waals surface area contributed by atoms with Gasteiger partial charge in [0.25, 0.3) is 5.24 Å². The number of halogens is 5. The number of benzene rings is 1. The van der Waals surface area contributed by atoms with Crippen LogP contribution in [0.15, 0.2) is 12.1 Å². The Labute approximate surface area is 92.8 Å². The Hall–Kier alpha value is -1.30.